The van der Waals surface area contributed by atoms with Crippen LogP contribution in [0.4, 0.5) is 0 Å². The van der Waals surface area contributed by atoms with Crippen molar-refractivity contribution < 1.29 is 23.1 Å². The molecule has 156 valence electrons. The molecule has 0 aromatic carbocycles. The van der Waals surface area contributed by atoms with E-state index in [9.17, 15) is 4.79 Å². The number of esters is 1. The first kappa shape index (κ1) is 22.8. The lowest BCUT2D eigenvalue weighted by Gasteiger charge is -2.46. The summed E-state index contributed by atoms with van der Waals surface area (Å²) in [7, 11) is -2.83. The normalized spacial score (nSPS) is 31.4. The fraction of sp³-hybridized carbons (Fsp3) is 0.850. The molecule has 0 spiro atoms. The van der Waals surface area contributed by atoms with E-state index < -0.39 is 28.3 Å². The maximum absolute atomic E-state index is 12.7. The zero-order valence-electron chi connectivity index (χ0n) is 18.9. The van der Waals surface area contributed by atoms with E-state index in [2.05, 4.69) is 67.7 Å². The van der Waals surface area contributed by atoms with Gasteiger partial charge in [-0.2, -0.15) is 0 Å². The Morgan fingerprint density at radius 2 is 1.41 bits per heavy atom. The molecule has 1 aliphatic heterocycles. The second-order valence-electron chi connectivity index (χ2n) is 10.8. The average Bonchev–Trinajstić information content (AvgIpc) is 3.22. The summed E-state index contributed by atoms with van der Waals surface area (Å²) in [4.78, 5) is 12.7. The van der Waals surface area contributed by atoms with Gasteiger partial charge in [0.25, 0.3) is 0 Å². The Balaban J connectivity index is 2.42. The number of ether oxygens (including phenoxy) is 2. The molecule has 0 aromatic heterocycles. The monoisotopic (exact) mass is 414 g/mol. The van der Waals surface area contributed by atoms with Crippen molar-refractivity contribution in [1.29, 1.82) is 0 Å². The number of hydrogen-bond donors (Lipinski definition) is 0. The van der Waals surface area contributed by atoms with Crippen LogP contribution in [-0.2, 0) is 23.1 Å². The number of methoxy groups -OCH3 is 1. The van der Waals surface area contributed by atoms with Crippen molar-refractivity contribution in [1.82, 2.24) is 0 Å². The van der Waals surface area contributed by atoms with Gasteiger partial charge >= 0.3 is 5.97 Å². The van der Waals surface area contributed by atoms with Gasteiger partial charge in [0.1, 0.15) is 12.2 Å². The van der Waals surface area contributed by atoms with Crippen molar-refractivity contribution in [3.05, 3.63) is 12.2 Å². The summed E-state index contributed by atoms with van der Waals surface area (Å²) in [6.45, 7) is 22.0. The average molecular weight is 415 g/mol. The van der Waals surface area contributed by atoms with Crippen LogP contribution in [-0.4, -0.2) is 53.6 Å². The number of carbonyl (C=O) groups excluding carboxylic acids is 1. The van der Waals surface area contributed by atoms with Crippen molar-refractivity contribution in [3.63, 3.8) is 0 Å². The van der Waals surface area contributed by atoms with Crippen LogP contribution in [0.25, 0.3) is 0 Å². The van der Waals surface area contributed by atoms with E-state index in [0.717, 1.165) is 0 Å². The molecule has 1 fully saturated rings. The minimum absolute atomic E-state index is 0.0113. The number of fused-ring (bicyclic) bond motifs is 1. The van der Waals surface area contributed by atoms with Crippen molar-refractivity contribution in [3.8, 4) is 0 Å². The van der Waals surface area contributed by atoms with E-state index in [1.165, 1.54) is 7.11 Å². The molecule has 2 aliphatic rings. The molecule has 1 aliphatic carbocycles. The molecule has 1 saturated heterocycles. The zero-order valence-corrected chi connectivity index (χ0v) is 20.9. The molecular weight excluding hydrogens is 376 g/mol. The highest BCUT2D eigenvalue weighted by Crippen LogP contribution is 2.51. The van der Waals surface area contributed by atoms with E-state index in [-0.39, 0.29) is 28.3 Å². The first-order valence-corrected chi connectivity index (χ1v) is 15.6. The first-order valence-electron chi connectivity index (χ1n) is 9.80. The van der Waals surface area contributed by atoms with Gasteiger partial charge in [-0.1, -0.05) is 53.7 Å². The van der Waals surface area contributed by atoms with Gasteiger partial charge in [0.2, 0.25) is 5.60 Å². The van der Waals surface area contributed by atoms with Crippen molar-refractivity contribution in [2.45, 2.75) is 102 Å². The molecule has 1 heterocycles. The molecule has 0 radical (unpaired) electrons. The van der Waals surface area contributed by atoms with Crippen molar-refractivity contribution in [2.75, 3.05) is 7.11 Å². The highest BCUT2D eigenvalue weighted by molar-refractivity contribution is 6.74. The third-order valence-electron chi connectivity index (χ3n) is 6.85. The summed E-state index contributed by atoms with van der Waals surface area (Å²) in [5.74, 6) is -0.371. The van der Waals surface area contributed by atoms with Crippen LogP contribution >= 0.6 is 0 Å². The lowest BCUT2D eigenvalue weighted by Crippen LogP contribution is -2.59. The Morgan fingerprint density at radius 3 is 1.85 bits per heavy atom. The van der Waals surface area contributed by atoms with Crippen molar-refractivity contribution >= 4 is 22.6 Å². The summed E-state index contributed by atoms with van der Waals surface area (Å²) in [5, 5.41) is 0.0689. The number of hydrogen-bond acceptors (Lipinski definition) is 5. The highest BCUT2D eigenvalue weighted by Gasteiger charge is 2.72. The minimum Gasteiger partial charge on any atom is -0.467 e. The van der Waals surface area contributed by atoms with E-state index in [4.69, 9.17) is 18.3 Å². The van der Waals surface area contributed by atoms with E-state index in [0.29, 0.717) is 0 Å². The third-order valence-corrected chi connectivity index (χ3v) is 15.8. The molecule has 7 heteroatoms. The standard InChI is InChI=1S/C20H38O5Si2/c1-18(2,3)26(8,9)24-14-12-13-15-20(23-15,17(21)22-7)16(14)25-27(10,11)19(4,5)6/h12-16H,1-11H3/t14-,15-,16+,20-/m0/s1. The topological polar surface area (TPSA) is 57.3 Å². The smallest absolute Gasteiger partial charge is 0.344 e. The summed E-state index contributed by atoms with van der Waals surface area (Å²) in [6.07, 6.45) is 2.85. The van der Waals surface area contributed by atoms with Crippen LogP contribution in [0.15, 0.2) is 12.2 Å². The van der Waals surface area contributed by atoms with E-state index in [1.807, 2.05) is 12.2 Å². The molecule has 0 saturated carbocycles. The van der Waals surface area contributed by atoms with Gasteiger partial charge < -0.3 is 18.3 Å². The zero-order chi connectivity index (χ0) is 21.1. The number of rotatable bonds is 5. The molecular formula is C20H38O5Si2. The molecule has 4 atom stereocenters. The molecule has 5 nitrogen and oxygen atoms in total. The fourth-order valence-corrected chi connectivity index (χ4v) is 5.38. The molecule has 0 bridgehead atoms. The van der Waals surface area contributed by atoms with Crippen LogP contribution in [0, 0.1) is 0 Å². The summed E-state index contributed by atoms with van der Waals surface area (Å²) < 4.78 is 24.4. The van der Waals surface area contributed by atoms with Crippen LogP contribution in [0.1, 0.15) is 41.5 Å². The van der Waals surface area contributed by atoms with Gasteiger partial charge in [0.15, 0.2) is 16.6 Å². The second-order valence-corrected chi connectivity index (χ2v) is 20.4. The quantitative estimate of drug-likeness (QED) is 0.284. The van der Waals surface area contributed by atoms with E-state index >= 15 is 0 Å². The van der Waals surface area contributed by atoms with Crippen LogP contribution in [0.2, 0.25) is 36.3 Å². The second kappa shape index (κ2) is 6.80. The fourth-order valence-electron chi connectivity index (χ4n) is 2.85. The van der Waals surface area contributed by atoms with Gasteiger partial charge in [0, 0.05) is 0 Å². The van der Waals surface area contributed by atoms with Gasteiger partial charge in [-0.25, -0.2) is 4.79 Å². The molecule has 0 aromatic rings. The van der Waals surface area contributed by atoms with Gasteiger partial charge in [0.05, 0.1) is 13.2 Å². The minimum atomic E-state index is -2.16. The summed E-state index contributed by atoms with van der Waals surface area (Å²) in [5.41, 5.74) is -1.08. The van der Waals surface area contributed by atoms with Gasteiger partial charge in [-0.15, -0.1) is 0 Å². The molecule has 2 rings (SSSR count). The summed E-state index contributed by atoms with van der Waals surface area (Å²) >= 11 is 0. The molecule has 27 heavy (non-hydrogen) atoms. The molecule has 0 unspecified atom stereocenters. The Kier molecular flexibility index (Phi) is 5.74. The number of epoxide rings is 1. The highest BCUT2D eigenvalue weighted by atomic mass is 28.4. The van der Waals surface area contributed by atoms with Gasteiger partial charge in [-0.05, 0) is 36.3 Å². The van der Waals surface area contributed by atoms with Crippen molar-refractivity contribution in [2.24, 2.45) is 0 Å². The predicted octanol–water partition coefficient (Wildman–Crippen LogP) is 4.65. The Labute approximate surface area is 167 Å². The Bertz CT molecular complexity index is 615. The number of carbonyl (C=O) groups is 1. The first-order chi connectivity index (χ1) is 12.0. The van der Waals surface area contributed by atoms with E-state index in [1.54, 1.807) is 0 Å². The Morgan fingerprint density at radius 1 is 0.926 bits per heavy atom. The molecule has 0 N–H and O–H groups in total. The maximum Gasteiger partial charge on any atom is 0.344 e. The lowest BCUT2D eigenvalue weighted by molar-refractivity contribution is -0.153. The Hall–Kier alpha value is -0.476. The SMILES string of the molecule is COC(=O)[C@]12O[C@H]1C=C[C@H](O[Si](C)(C)C(C)(C)C)[C@H]2O[Si](C)(C)C(C)(C)C. The molecule has 0 amide bonds. The predicted molar refractivity (Wildman–Crippen MR) is 113 cm³/mol. The van der Waals surface area contributed by atoms with Crippen LogP contribution in [0.5, 0.6) is 0 Å². The summed E-state index contributed by atoms with van der Waals surface area (Å²) in [6, 6.07) is 0. The largest absolute Gasteiger partial charge is 0.467 e. The maximum atomic E-state index is 12.7. The van der Waals surface area contributed by atoms with Gasteiger partial charge in [-0.3, -0.25) is 0 Å². The van der Waals surface area contributed by atoms with Crippen LogP contribution < -0.4 is 0 Å². The lowest BCUT2D eigenvalue weighted by atomic mass is 9.89. The third kappa shape index (κ3) is 3.99. The van der Waals surface area contributed by atoms with Crippen LogP contribution in [0.3, 0.4) is 0 Å².